The van der Waals surface area contributed by atoms with E-state index in [-0.39, 0.29) is 12.2 Å². The topological polar surface area (TPSA) is 26.3 Å². The van der Waals surface area contributed by atoms with E-state index in [1.54, 1.807) is 0 Å². The van der Waals surface area contributed by atoms with Crippen LogP contribution in [0.4, 0.5) is 13.2 Å². The van der Waals surface area contributed by atoms with Gasteiger partial charge in [0, 0.05) is 21.2 Å². The molecule has 0 aliphatic rings. The first-order valence-electron chi connectivity index (χ1n) is 6.05. The molecule has 0 fully saturated rings. The van der Waals surface area contributed by atoms with Crippen molar-refractivity contribution in [1.82, 2.24) is 0 Å². The maximum atomic E-state index is 12.6. The molecule has 2 aromatic carbocycles. The fourth-order valence-corrected chi connectivity index (χ4v) is 2.30. The molecular formula is C15H9Cl2F3O2. The van der Waals surface area contributed by atoms with Gasteiger partial charge < -0.3 is 4.74 Å². The molecule has 0 aliphatic heterocycles. The van der Waals surface area contributed by atoms with Crippen LogP contribution in [0.1, 0.15) is 15.9 Å². The Morgan fingerprint density at radius 1 is 1.05 bits per heavy atom. The van der Waals surface area contributed by atoms with Crippen LogP contribution in [0.15, 0.2) is 42.5 Å². The molecule has 0 aliphatic carbocycles. The molecule has 0 spiro atoms. The summed E-state index contributed by atoms with van der Waals surface area (Å²) in [6, 6.07) is 9.83. The molecule has 22 heavy (non-hydrogen) atoms. The fourth-order valence-electron chi connectivity index (χ4n) is 1.79. The van der Waals surface area contributed by atoms with Gasteiger partial charge in [0.1, 0.15) is 12.4 Å². The third kappa shape index (κ3) is 4.15. The number of halogens is 5. The number of ether oxygens (including phenoxy) is 1. The number of ketones is 1. The first kappa shape index (κ1) is 16.6. The smallest absolute Gasteiger partial charge is 0.454 e. The van der Waals surface area contributed by atoms with Crippen LogP contribution in [-0.2, 0) is 6.61 Å². The van der Waals surface area contributed by atoms with Crippen molar-refractivity contribution in [3.05, 3.63) is 63.6 Å². The molecule has 0 N–H and O–H groups in total. The Balaban J connectivity index is 2.22. The molecule has 0 unspecified atom stereocenters. The van der Waals surface area contributed by atoms with E-state index in [9.17, 15) is 18.0 Å². The summed E-state index contributed by atoms with van der Waals surface area (Å²) in [4.78, 5) is 11.4. The molecular weight excluding hydrogens is 340 g/mol. The third-order valence-corrected chi connectivity index (χ3v) is 3.19. The second kappa shape index (κ2) is 6.58. The third-order valence-electron chi connectivity index (χ3n) is 2.75. The van der Waals surface area contributed by atoms with Crippen molar-refractivity contribution < 1.29 is 22.7 Å². The van der Waals surface area contributed by atoms with Crippen LogP contribution in [0.25, 0.3) is 0 Å². The number of alkyl halides is 3. The van der Waals surface area contributed by atoms with E-state index >= 15 is 0 Å². The van der Waals surface area contributed by atoms with Crippen molar-refractivity contribution in [1.29, 1.82) is 0 Å². The van der Waals surface area contributed by atoms with Crippen LogP contribution in [-0.4, -0.2) is 12.0 Å². The SMILES string of the molecule is O=C(c1ccccc1COc1cc(Cl)cc(Cl)c1)C(F)(F)F. The van der Waals surface area contributed by atoms with E-state index in [1.807, 2.05) is 0 Å². The van der Waals surface area contributed by atoms with E-state index in [1.165, 1.54) is 36.4 Å². The molecule has 0 saturated carbocycles. The van der Waals surface area contributed by atoms with Gasteiger partial charge in [-0.05, 0) is 18.2 Å². The number of carbonyl (C=O) groups is 1. The number of carbonyl (C=O) groups excluding carboxylic acids is 1. The lowest BCUT2D eigenvalue weighted by Crippen LogP contribution is -2.24. The molecule has 0 bridgehead atoms. The summed E-state index contributed by atoms with van der Waals surface area (Å²) in [5, 5.41) is 0.671. The summed E-state index contributed by atoms with van der Waals surface area (Å²) in [5.41, 5.74) is -0.316. The number of hydrogen-bond acceptors (Lipinski definition) is 2. The van der Waals surface area contributed by atoms with Crippen molar-refractivity contribution >= 4 is 29.0 Å². The van der Waals surface area contributed by atoms with Gasteiger partial charge in [0.05, 0.1) is 0 Å². The fraction of sp³-hybridized carbons (Fsp3) is 0.133. The minimum absolute atomic E-state index is 0.126. The van der Waals surface area contributed by atoms with E-state index in [4.69, 9.17) is 27.9 Å². The van der Waals surface area contributed by atoms with E-state index in [0.717, 1.165) is 6.07 Å². The van der Waals surface area contributed by atoms with Gasteiger partial charge in [0.2, 0.25) is 0 Å². The molecule has 7 heteroatoms. The van der Waals surface area contributed by atoms with E-state index in [2.05, 4.69) is 0 Å². The molecule has 2 rings (SSSR count). The zero-order valence-electron chi connectivity index (χ0n) is 11.0. The predicted molar refractivity (Wildman–Crippen MR) is 77.6 cm³/mol. The Hall–Kier alpha value is -1.72. The monoisotopic (exact) mass is 348 g/mol. The quantitative estimate of drug-likeness (QED) is 0.699. The van der Waals surface area contributed by atoms with E-state index in [0.29, 0.717) is 15.8 Å². The van der Waals surface area contributed by atoms with Gasteiger partial charge in [-0.3, -0.25) is 4.79 Å². The van der Waals surface area contributed by atoms with Crippen LogP contribution in [0, 0.1) is 0 Å². The summed E-state index contributed by atoms with van der Waals surface area (Å²) in [7, 11) is 0. The van der Waals surface area contributed by atoms with Crippen molar-refractivity contribution in [2.75, 3.05) is 0 Å². The second-order valence-corrected chi connectivity index (χ2v) is 5.25. The molecule has 0 aromatic heterocycles. The minimum Gasteiger partial charge on any atom is -0.489 e. The highest BCUT2D eigenvalue weighted by Crippen LogP contribution is 2.27. The maximum absolute atomic E-state index is 12.6. The summed E-state index contributed by atoms with van der Waals surface area (Å²) < 4.78 is 43.0. The second-order valence-electron chi connectivity index (χ2n) is 4.38. The lowest BCUT2D eigenvalue weighted by atomic mass is 10.0. The summed E-state index contributed by atoms with van der Waals surface area (Å²) >= 11 is 11.6. The van der Waals surface area contributed by atoms with Crippen LogP contribution >= 0.6 is 23.2 Å². The lowest BCUT2D eigenvalue weighted by Gasteiger charge is -2.12. The number of Topliss-reactive ketones (excluding diaryl/α,β-unsaturated/α-hetero) is 1. The normalized spacial score (nSPS) is 11.3. The lowest BCUT2D eigenvalue weighted by molar-refractivity contribution is -0.0886. The van der Waals surface area contributed by atoms with Gasteiger partial charge in [-0.15, -0.1) is 0 Å². The Bertz CT molecular complexity index is 679. The average molecular weight is 349 g/mol. The summed E-state index contributed by atoms with van der Waals surface area (Å²) in [5.74, 6) is -1.61. The highest BCUT2D eigenvalue weighted by Gasteiger charge is 2.40. The largest absolute Gasteiger partial charge is 0.489 e. The first-order chi connectivity index (χ1) is 10.3. The zero-order valence-corrected chi connectivity index (χ0v) is 12.5. The summed E-state index contributed by atoms with van der Waals surface area (Å²) in [6.07, 6.45) is -4.94. The number of hydrogen-bond donors (Lipinski definition) is 0. The van der Waals surface area contributed by atoms with Gasteiger partial charge >= 0.3 is 6.18 Å². The van der Waals surface area contributed by atoms with E-state index < -0.39 is 17.5 Å². The van der Waals surface area contributed by atoms with Gasteiger partial charge in [-0.2, -0.15) is 13.2 Å². The highest BCUT2D eigenvalue weighted by molar-refractivity contribution is 6.34. The molecule has 0 heterocycles. The van der Waals surface area contributed by atoms with Crippen LogP contribution in [0.2, 0.25) is 10.0 Å². The van der Waals surface area contributed by atoms with Gasteiger partial charge in [-0.1, -0.05) is 47.5 Å². The molecule has 116 valence electrons. The Morgan fingerprint density at radius 2 is 1.64 bits per heavy atom. The van der Waals surface area contributed by atoms with Crippen molar-refractivity contribution in [2.24, 2.45) is 0 Å². The van der Waals surface area contributed by atoms with Crippen molar-refractivity contribution in [3.8, 4) is 5.75 Å². The zero-order chi connectivity index (χ0) is 16.3. The molecule has 0 saturated heterocycles. The number of benzene rings is 2. The predicted octanol–water partition coefficient (Wildman–Crippen LogP) is 5.32. The Labute approximate surface area is 134 Å². The van der Waals surface area contributed by atoms with Crippen molar-refractivity contribution in [2.45, 2.75) is 12.8 Å². The highest BCUT2D eigenvalue weighted by atomic mass is 35.5. The number of rotatable bonds is 4. The molecule has 2 aromatic rings. The standard InChI is InChI=1S/C15H9Cl2F3O2/c16-10-5-11(17)7-12(6-10)22-8-9-3-1-2-4-13(9)14(21)15(18,19)20/h1-7H,8H2. The van der Waals surface area contributed by atoms with Crippen LogP contribution < -0.4 is 4.74 Å². The summed E-state index contributed by atoms with van der Waals surface area (Å²) in [6.45, 7) is -0.214. The van der Waals surface area contributed by atoms with Crippen molar-refractivity contribution in [3.63, 3.8) is 0 Å². The average Bonchev–Trinajstić information content (AvgIpc) is 2.42. The Kier molecular flexibility index (Phi) is 4.98. The van der Waals surface area contributed by atoms with Gasteiger partial charge in [0.15, 0.2) is 0 Å². The van der Waals surface area contributed by atoms with Gasteiger partial charge in [0.25, 0.3) is 5.78 Å². The van der Waals surface area contributed by atoms with Crippen LogP contribution in [0.3, 0.4) is 0 Å². The van der Waals surface area contributed by atoms with Crippen LogP contribution in [0.5, 0.6) is 5.75 Å². The van der Waals surface area contributed by atoms with Gasteiger partial charge in [-0.25, -0.2) is 0 Å². The first-order valence-corrected chi connectivity index (χ1v) is 6.81. The molecule has 0 atom stereocenters. The maximum Gasteiger partial charge on any atom is 0.454 e. The minimum atomic E-state index is -4.94. The molecule has 2 nitrogen and oxygen atoms in total. The molecule has 0 amide bonds. The Morgan fingerprint density at radius 3 is 2.23 bits per heavy atom. The molecule has 0 radical (unpaired) electrons.